The summed E-state index contributed by atoms with van der Waals surface area (Å²) in [5.41, 5.74) is 0.882. The third kappa shape index (κ3) is 3.80. The van der Waals surface area contributed by atoms with E-state index in [0.29, 0.717) is 16.9 Å². The molecule has 1 atom stereocenters. The molecule has 0 bridgehead atoms. The smallest absolute Gasteiger partial charge is 0.332 e. The van der Waals surface area contributed by atoms with Crippen LogP contribution in [0.3, 0.4) is 0 Å². The number of thiophene rings is 1. The fourth-order valence-electron chi connectivity index (χ4n) is 3.82. The molecule has 0 N–H and O–H groups in total. The molecule has 0 unspecified atom stereocenters. The van der Waals surface area contributed by atoms with Crippen LogP contribution in [0, 0.1) is 5.82 Å². The number of carbonyl (C=O) groups is 1. The first-order chi connectivity index (χ1) is 16.3. The van der Waals surface area contributed by atoms with E-state index in [4.69, 9.17) is 14.2 Å². The summed E-state index contributed by atoms with van der Waals surface area (Å²) in [6, 6.07) is 4.45. The molecule has 0 fully saturated rings. The van der Waals surface area contributed by atoms with E-state index < -0.39 is 29.3 Å². The van der Waals surface area contributed by atoms with Crippen molar-refractivity contribution in [3.05, 3.63) is 78.6 Å². The first-order valence-corrected chi connectivity index (χ1v) is 11.2. The summed E-state index contributed by atoms with van der Waals surface area (Å²) in [6.07, 6.45) is 0.654. The van der Waals surface area contributed by atoms with E-state index in [0.717, 1.165) is 10.1 Å². The van der Waals surface area contributed by atoms with Crippen molar-refractivity contribution in [2.75, 3.05) is 0 Å². The molecule has 1 aliphatic heterocycles. The summed E-state index contributed by atoms with van der Waals surface area (Å²) < 4.78 is 34.6. The zero-order valence-corrected chi connectivity index (χ0v) is 19.0. The Morgan fingerprint density at radius 3 is 2.88 bits per heavy atom. The molecule has 34 heavy (non-hydrogen) atoms. The lowest BCUT2D eigenvalue weighted by Gasteiger charge is -2.27. The number of aromatic nitrogens is 4. The molecule has 1 aliphatic rings. The fourth-order valence-corrected chi connectivity index (χ4v) is 4.48. The molecule has 3 aromatic heterocycles. The van der Waals surface area contributed by atoms with Crippen molar-refractivity contribution in [3.63, 3.8) is 0 Å². The van der Waals surface area contributed by atoms with Crippen LogP contribution >= 0.6 is 11.3 Å². The zero-order valence-electron chi connectivity index (χ0n) is 18.2. The highest BCUT2D eigenvalue weighted by molar-refractivity contribution is 7.07. The van der Waals surface area contributed by atoms with Gasteiger partial charge in [0.15, 0.2) is 11.2 Å². The molecule has 4 aromatic rings. The number of fused-ring (bicyclic) bond motifs is 2. The molecular weight excluding hydrogens is 467 g/mol. The number of halogens is 1. The minimum atomic E-state index is -0.672. The van der Waals surface area contributed by atoms with Crippen LogP contribution in [0.5, 0.6) is 5.75 Å². The zero-order chi connectivity index (χ0) is 24.0. The number of ether oxygens (including phenoxy) is 3. The van der Waals surface area contributed by atoms with Gasteiger partial charge in [-0.2, -0.15) is 11.3 Å². The number of nitrogens with zero attached hydrogens (tertiary/aromatic N) is 4. The number of hydrogen-bond acceptors (Lipinski definition) is 8. The number of benzene rings is 1. The van der Waals surface area contributed by atoms with Crippen LogP contribution < -0.4 is 16.0 Å². The summed E-state index contributed by atoms with van der Waals surface area (Å²) >= 11 is 1.50. The van der Waals surface area contributed by atoms with Crippen LogP contribution in [-0.2, 0) is 48.1 Å². The van der Waals surface area contributed by atoms with Gasteiger partial charge in [-0.3, -0.25) is 18.7 Å². The Hall–Kier alpha value is -3.77. The number of rotatable bonds is 5. The first-order valence-electron chi connectivity index (χ1n) is 10.2. The molecule has 0 amide bonds. The summed E-state index contributed by atoms with van der Waals surface area (Å²) in [7, 11) is 2.83. The first kappa shape index (κ1) is 22.0. The number of imidazole rings is 1. The second kappa shape index (κ2) is 8.54. The maximum atomic E-state index is 14.2. The van der Waals surface area contributed by atoms with E-state index in [1.807, 2.05) is 16.8 Å². The maximum Gasteiger partial charge on any atom is 0.332 e. The Labute approximate surface area is 195 Å². The predicted octanol–water partition coefficient (Wildman–Crippen LogP) is 1.99. The highest BCUT2D eigenvalue weighted by Gasteiger charge is 2.26. The molecule has 0 saturated heterocycles. The van der Waals surface area contributed by atoms with Gasteiger partial charge in [-0.1, -0.05) is 0 Å². The molecule has 0 radical (unpaired) electrons. The van der Waals surface area contributed by atoms with Crippen LogP contribution in [0.2, 0.25) is 0 Å². The third-order valence-electron chi connectivity index (χ3n) is 5.54. The van der Waals surface area contributed by atoms with Gasteiger partial charge in [0.25, 0.3) is 5.56 Å². The van der Waals surface area contributed by atoms with Gasteiger partial charge in [0, 0.05) is 36.2 Å². The Bertz CT molecular complexity index is 1520. The van der Waals surface area contributed by atoms with Crippen LogP contribution in [0.15, 0.2) is 44.9 Å². The molecule has 0 saturated carbocycles. The van der Waals surface area contributed by atoms with E-state index in [1.165, 1.54) is 53.0 Å². The SMILES string of the molecule is Cn1c(=O)c2c(ncn2CC(=O)OCc2cc(F)cc3c2O[C@H](c2ccsc2)OC3)n(C)c1=O. The average Bonchev–Trinajstić information content (AvgIpc) is 3.50. The molecule has 1 aromatic carbocycles. The van der Waals surface area contributed by atoms with E-state index >= 15 is 0 Å². The van der Waals surface area contributed by atoms with E-state index in [-0.39, 0.29) is 30.9 Å². The Balaban J connectivity index is 1.36. The topological polar surface area (TPSA) is 107 Å². The Kier molecular flexibility index (Phi) is 5.54. The number of aryl methyl sites for hydroxylation is 1. The van der Waals surface area contributed by atoms with Crippen molar-refractivity contribution in [1.29, 1.82) is 0 Å². The molecule has 4 heterocycles. The number of carbonyl (C=O) groups excluding carboxylic acids is 1. The summed E-state index contributed by atoms with van der Waals surface area (Å²) in [5.74, 6) is -0.765. The van der Waals surface area contributed by atoms with Gasteiger partial charge in [-0.25, -0.2) is 14.2 Å². The largest absolute Gasteiger partial charge is 0.460 e. The summed E-state index contributed by atoms with van der Waals surface area (Å²) in [4.78, 5) is 41.3. The molecule has 10 nitrogen and oxygen atoms in total. The Morgan fingerprint density at radius 2 is 2.12 bits per heavy atom. The molecule has 176 valence electrons. The normalized spacial score (nSPS) is 15.2. The average molecular weight is 486 g/mol. The minimum Gasteiger partial charge on any atom is -0.460 e. The van der Waals surface area contributed by atoms with Gasteiger partial charge in [-0.05, 0) is 23.6 Å². The van der Waals surface area contributed by atoms with Crippen LogP contribution in [0.1, 0.15) is 23.0 Å². The van der Waals surface area contributed by atoms with Crippen LogP contribution in [0.25, 0.3) is 11.2 Å². The van der Waals surface area contributed by atoms with Crippen molar-refractivity contribution >= 4 is 28.5 Å². The van der Waals surface area contributed by atoms with Crippen molar-refractivity contribution in [1.82, 2.24) is 18.7 Å². The molecular formula is C22H19FN4O6S. The lowest BCUT2D eigenvalue weighted by Crippen LogP contribution is -2.37. The second-order valence-corrected chi connectivity index (χ2v) is 8.56. The van der Waals surface area contributed by atoms with Crippen LogP contribution in [0.4, 0.5) is 4.39 Å². The van der Waals surface area contributed by atoms with Gasteiger partial charge < -0.3 is 18.8 Å². The van der Waals surface area contributed by atoms with Gasteiger partial charge in [0.05, 0.1) is 12.9 Å². The van der Waals surface area contributed by atoms with Crippen LogP contribution in [-0.4, -0.2) is 24.7 Å². The van der Waals surface area contributed by atoms with Gasteiger partial charge in [0.2, 0.25) is 6.29 Å². The highest BCUT2D eigenvalue weighted by atomic mass is 32.1. The van der Waals surface area contributed by atoms with Crippen molar-refractivity contribution < 1.29 is 23.4 Å². The Morgan fingerprint density at radius 1 is 1.29 bits per heavy atom. The molecule has 12 heteroatoms. The lowest BCUT2D eigenvalue weighted by molar-refractivity contribution is -0.145. The van der Waals surface area contributed by atoms with E-state index in [1.54, 1.807) is 0 Å². The summed E-state index contributed by atoms with van der Waals surface area (Å²) in [6.45, 7) is -0.404. The lowest BCUT2D eigenvalue weighted by atomic mass is 10.1. The quantitative estimate of drug-likeness (QED) is 0.397. The predicted molar refractivity (Wildman–Crippen MR) is 119 cm³/mol. The second-order valence-electron chi connectivity index (χ2n) is 7.78. The summed E-state index contributed by atoms with van der Waals surface area (Å²) in [5, 5.41) is 3.80. The highest BCUT2D eigenvalue weighted by Crippen LogP contribution is 2.37. The number of hydrogen-bond donors (Lipinski definition) is 0. The van der Waals surface area contributed by atoms with Gasteiger partial charge in [-0.15, -0.1) is 0 Å². The van der Waals surface area contributed by atoms with Gasteiger partial charge in [0.1, 0.15) is 24.7 Å². The molecule has 0 aliphatic carbocycles. The van der Waals surface area contributed by atoms with Crippen molar-refractivity contribution in [3.8, 4) is 5.75 Å². The van der Waals surface area contributed by atoms with Gasteiger partial charge >= 0.3 is 11.7 Å². The minimum absolute atomic E-state index is 0.101. The maximum absolute atomic E-state index is 14.2. The number of esters is 1. The molecule has 0 spiro atoms. The monoisotopic (exact) mass is 486 g/mol. The van der Waals surface area contributed by atoms with Crippen molar-refractivity contribution in [2.24, 2.45) is 14.1 Å². The van der Waals surface area contributed by atoms with E-state index in [9.17, 15) is 18.8 Å². The van der Waals surface area contributed by atoms with Crippen molar-refractivity contribution in [2.45, 2.75) is 26.0 Å². The van der Waals surface area contributed by atoms with E-state index in [2.05, 4.69) is 4.98 Å². The third-order valence-corrected chi connectivity index (χ3v) is 6.24. The standard InChI is InChI=1S/C22H19FN4O6S/c1-25-19-17(20(29)26(2)22(25)30)27(11-24-19)7-16(28)31-8-13-5-15(23)6-14-9-32-21(33-18(13)14)12-3-4-34-10-12/h3-6,10-11,21H,7-9H2,1-2H3/t21-/m1/s1. The molecule has 5 rings (SSSR count). The fraction of sp³-hybridized carbons (Fsp3) is 0.273.